The lowest BCUT2D eigenvalue weighted by Gasteiger charge is -2.19. The van der Waals surface area contributed by atoms with Gasteiger partial charge in [-0.2, -0.15) is 5.26 Å². The van der Waals surface area contributed by atoms with E-state index in [2.05, 4.69) is 4.72 Å². The number of amides is 1. The Morgan fingerprint density at radius 1 is 1.35 bits per heavy atom. The van der Waals surface area contributed by atoms with Crippen LogP contribution in [0.3, 0.4) is 0 Å². The van der Waals surface area contributed by atoms with Crippen molar-refractivity contribution in [2.24, 2.45) is 0 Å². The third-order valence-corrected chi connectivity index (χ3v) is 4.16. The van der Waals surface area contributed by atoms with Gasteiger partial charge in [0.15, 0.2) is 5.25 Å². The van der Waals surface area contributed by atoms with Crippen LogP contribution >= 0.6 is 0 Å². The van der Waals surface area contributed by atoms with E-state index in [1.807, 2.05) is 13.8 Å². The van der Waals surface area contributed by atoms with E-state index in [9.17, 15) is 13.2 Å². The van der Waals surface area contributed by atoms with E-state index in [0.717, 1.165) is 0 Å². The molecule has 0 saturated carbocycles. The molecule has 1 atom stereocenters. The lowest BCUT2D eigenvalue weighted by atomic mass is 10.4. The van der Waals surface area contributed by atoms with Crippen molar-refractivity contribution in [2.75, 3.05) is 19.6 Å². The van der Waals surface area contributed by atoms with Crippen LogP contribution in [0.4, 0.5) is 0 Å². The summed E-state index contributed by atoms with van der Waals surface area (Å²) in [6, 6.07) is 1.70. The van der Waals surface area contributed by atoms with Crippen molar-refractivity contribution in [1.29, 1.82) is 5.26 Å². The van der Waals surface area contributed by atoms with Gasteiger partial charge in [0.1, 0.15) is 0 Å². The molecular weight excluding hydrogens is 242 g/mol. The Morgan fingerprint density at radius 2 is 1.88 bits per heavy atom. The average molecular weight is 261 g/mol. The van der Waals surface area contributed by atoms with Crippen molar-refractivity contribution in [3.63, 3.8) is 0 Å². The Morgan fingerprint density at radius 3 is 2.24 bits per heavy atom. The minimum absolute atomic E-state index is 0.200. The monoisotopic (exact) mass is 261 g/mol. The molecule has 0 aromatic rings. The van der Waals surface area contributed by atoms with Crippen LogP contribution in [-0.2, 0) is 14.8 Å². The van der Waals surface area contributed by atoms with Crippen LogP contribution in [0.25, 0.3) is 0 Å². The minimum Gasteiger partial charge on any atom is -0.342 e. The molecule has 0 aromatic carbocycles. The van der Waals surface area contributed by atoms with E-state index in [0.29, 0.717) is 13.1 Å². The number of hydrogen-bond acceptors (Lipinski definition) is 4. The number of nitrogens with one attached hydrogen (secondary N) is 1. The molecule has 17 heavy (non-hydrogen) atoms. The highest BCUT2D eigenvalue weighted by molar-refractivity contribution is 7.90. The topological polar surface area (TPSA) is 90.3 Å². The zero-order valence-corrected chi connectivity index (χ0v) is 11.2. The second kappa shape index (κ2) is 7.25. The summed E-state index contributed by atoms with van der Waals surface area (Å²) < 4.78 is 25.4. The van der Waals surface area contributed by atoms with Crippen molar-refractivity contribution >= 4 is 15.9 Å². The molecule has 0 aromatic heterocycles. The van der Waals surface area contributed by atoms with Crippen LogP contribution < -0.4 is 4.72 Å². The Kier molecular flexibility index (Phi) is 6.76. The summed E-state index contributed by atoms with van der Waals surface area (Å²) in [5.41, 5.74) is 0. The maximum absolute atomic E-state index is 11.6. The van der Waals surface area contributed by atoms with Gasteiger partial charge in [-0.25, -0.2) is 13.1 Å². The first-order chi connectivity index (χ1) is 7.92. The van der Waals surface area contributed by atoms with Gasteiger partial charge in [-0.3, -0.25) is 4.79 Å². The Labute approximate surface area is 103 Å². The summed E-state index contributed by atoms with van der Waals surface area (Å²) in [7, 11) is -3.73. The molecule has 0 heterocycles. The predicted molar refractivity (Wildman–Crippen MR) is 64.5 cm³/mol. The molecule has 0 aliphatic heterocycles. The Balaban J connectivity index is 4.48. The lowest BCUT2D eigenvalue weighted by Crippen LogP contribution is -2.42. The fourth-order valence-corrected chi connectivity index (χ4v) is 2.43. The summed E-state index contributed by atoms with van der Waals surface area (Å²) >= 11 is 0. The second-order valence-corrected chi connectivity index (χ2v) is 5.41. The number of nitrogens with zero attached hydrogens (tertiary/aromatic N) is 2. The second-order valence-electron chi connectivity index (χ2n) is 3.46. The van der Waals surface area contributed by atoms with Gasteiger partial charge in [0.05, 0.1) is 12.6 Å². The van der Waals surface area contributed by atoms with Gasteiger partial charge in [0, 0.05) is 13.1 Å². The van der Waals surface area contributed by atoms with Crippen molar-refractivity contribution in [2.45, 2.75) is 32.4 Å². The van der Waals surface area contributed by atoms with Gasteiger partial charge in [-0.05, 0) is 20.3 Å². The van der Waals surface area contributed by atoms with Gasteiger partial charge in [-0.15, -0.1) is 0 Å². The van der Waals surface area contributed by atoms with Crippen molar-refractivity contribution in [3.8, 4) is 6.07 Å². The maximum Gasteiger partial charge on any atom is 0.237 e. The average Bonchev–Trinajstić information content (AvgIpc) is 2.29. The van der Waals surface area contributed by atoms with Gasteiger partial charge in [0.2, 0.25) is 15.9 Å². The van der Waals surface area contributed by atoms with Crippen LogP contribution in [0, 0.1) is 11.3 Å². The Hall–Kier alpha value is -1.13. The number of hydrogen-bond donors (Lipinski definition) is 1. The molecule has 6 nitrogen and oxygen atoms in total. The van der Waals surface area contributed by atoms with Gasteiger partial charge < -0.3 is 4.90 Å². The van der Waals surface area contributed by atoms with Crippen LogP contribution in [0.15, 0.2) is 0 Å². The van der Waals surface area contributed by atoms with E-state index in [1.54, 1.807) is 13.0 Å². The number of sulfonamides is 1. The summed E-state index contributed by atoms with van der Waals surface area (Å²) in [6.07, 6.45) is 0.200. The fourth-order valence-electron chi connectivity index (χ4n) is 1.33. The quantitative estimate of drug-likeness (QED) is 0.702. The maximum atomic E-state index is 11.6. The highest BCUT2D eigenvalue weighted by Crippen LogP contribution is 2.02. The molecule has 0 rings (SSSR count). The molecule has 1 amide bonds. The molecule has 0 saturated heterocycles. The molecule has 0 radical (unpaired) electrons. The highest BCUT2D eigenvalue weighted by atomic mass is 32.2. The molecule has 0 aliphatic carbocycles. The van der Waals surface area contributed by atoms with E-state index in [-0.39, 0.29) is 18.9 Å². The van der Waals surface area contributed by atoms with Crippen molar-refractivity contribution < 1.29 is 13.2 Å². The van der Waals surface area contributed by atoms with Crippen molar-refractivity contribution in [3.05, 3.63) is 0 Å². The zero-order chi connectivity index (χ0) is 13.5. The normalized spacial score (nSPS) is 12.8. The van der Waals surface area contributed by atoms with Crippen molar-refractivity contribution in [1.82, 2.24) is 9.62 Å². The molecule has 1 unspecified atom stereocenters. The largest absolute Gasteiger partial charge is 0.342 e. The third-order valence-electron chi connectivity index (χ3n) is 2.43. The summed E-state index contributed by atoms with van der Waals surface area (Å²) in [5, 5.41) is 7.56. The number of rotatable bonds is 7. The van der Waals surface area contributed by atoms with Crippen LogP contribution in [0.1, 0.15) is 27.2 Å². The van der Waals surface area contributed by atoms with E-state index in [4.69, 9.17) is 5.26 Å². The fraction of sp³-hybridized carbons (Fsp3) is 0.800. The minimum atomic E-state index is -3.73. The first kappa shape index (κ1) is 15.9. The van der Waals surface area contributed by atoms with Gasteiger partial charge >= 0.3 is 0 Å². The summed E-state index contributed by atoms with van der Waals surface area (Å²) in [4.78, 5) is 13.1. The third kappa shape index (κ3) is 4.71. The smallest absolute Gasteiger partial charge is 0.237 e. The van der Waals surface area contributed by atoms with Crippen LogP contribution in [-0.4, -0.2) is 44.1 Å². The van der Waals surface area contributed by atoms with Crippen LogP contribution in [0.5, 0.6) is 0 Å². The van der Waals surface area contributed by atoms with E-state index in [1.165, 1.54) is 4.90 Å². The number of nitriles is 1. The van der Waals surface area contributed by atoms with Crippen LogP contribution in [0.2, 0.25) is 0 Å². The standard InChI is InChI=1S/C10H19N3O3S/c1-4-9(7-11)17(15,16)12-8-10(14)13(5-2)6-3/h9,12H,4-6,8H2,1-3H3. The van der Waals surface area contributed by atoms with E-state index >= 15 is 0 Å². The number of likely N-dealkylation sites (N-methyl/N-ethyl adjacent to an activating group) is 1. The molecule has 0 fully saturated rings. The molecule has 7 heteroatoms. The molecule has 98 valence electrons. The highest BCUT2D eigenvalue weighted by Gasteiger charge is 2.24. The lowest BCUT2D eigenvalue weighted by molar-refractivity contribution is -0.129. The van der Waals surface area contributed by atoms with Gasteiger partial charge in [0.25, 0.3) is 0 Å². The van der Waals surface area contributed by atoms with Gasteiger partial charge in [-0.1, -0.05) is 6.92 Å². The molecule has 0 bridgehead atoms. The molecule has 1 N–H and O–H groups in total. The SMILES string of the molecule is CCC(C#N)S(=O)(=O)NCC(=O)N(CC)CC. The molecule has 0 aliphatic rings. The summed E-state index contributed by atoms with van der Waals surface area (Å²) in [5.74, 6) is -0.286. The predicted octanol–water partition coefficient (Wildman–Crippen LogP) is 0.0764. The summed E-state index contributed by atoms with van der Waals surface area (Å²) in [6.45, 7) is 6.03. The molecular formula is C10H19N3O3S. The molecule has 0 spiro atoms. The van der Waals surface area contributed by atoms with E-state index < -0.39 is 15.3 Å². The first-order valence-corrected chi connectivity index (χ1v) is 7.13. The Bertz CT molecular complexity index is 382. The first-order valence-electron chi connectivity index (χ1n) is 5.58. The zero-order valence-electron chi connectivity index (χ0n) is 10.4. The number of carbonyl (C=O) groups excluding carboxylic acids is 1. The number of carbonyl (C=O) groups is 1.